The second kappa shape index (κ2) is 26.4. The maximum atomic E-state index is 11.5. The summed E-state index contributed by atoms with van der Waals surface area (Å²) in [7, 11) is -4.05. The number of unbranched alkanes of at least 4 members (excludes halogenated alkanes) is 23. The number of ether oxygens (including phenoxy) is 1. The molecule has 0 amide bonds. The number of hydrogen-bond acceptors (Lipinski definition) is 4. The van der Waals surface area contributed by atoms with Crippen molar-refractivity contribution < 1.29 is 22.5 Å². The van der Waals surface area contributed by atoms with Crippen LogP contribution in [0.2, 0.25) is 0 Å². The largest absolute Gasteiger partial charge is 0.464 e. The summed E-state index contributed by atoms with van der Waals surface area (Å²) < 4.78 is 34.5. The number of hydrogen-bond donors (Lipinski definition) is 1. The van der Waals surface area contributed by atoms with Crippen molar-refractivity contribution in [2.24, 2.45) is 0 Å². The molecule has 0 saturated carbocycles. The van der Waals surface area contributed by atoms with E-state index >= 15 is 0 Å². The van der Waals surface area contributed by atoms with Crippen LogP contribution in [-0.2, 0) is 19.6 Å². The van der Waals surface area contributed by atoms with Gasteiger partial charge >= 0.3 is 5.97 Å². The second-order valence-corrected chi connectivity index (χ2v) is 12.0. The van der Waals surface area contributed by atoms with Gasteiger partial charge in [-0.25, -0.2) is 0 Å². The van der Waals surface area contributed by atoms with Crippen LogP contribution in [0.1, 0.15) is 167 Å². The van der Waals surface area contributed by atoms with Crippen LogP contribution in [0.15, 0.2) is 0 Å². The Morgan fingerprint density at radius 3 is 1.11 bits per heavy atom. The molecule has 0 atom stereocenters. The van der Waals surface area contributed by atoms with Crippen molar-refractivity contribution in [3.05, 3.63) is 0 Å². The summed E-state index contributed by atoms with van der Waals surface area (Å²) >= 11 is 0. The molecule has 210 valence electrons. The van der Waals surface area contributed by atoms with Crippen molar-refractivity contribution in [1.82, 2.24) is 0 Å². The van der Waals surface area contributed by atoms with E-state index in [4.69, 9.17) is 9.29 Å². The van der Waals surface area contributed by atoms with E-state index in [9.17, 15) is 13.2 Å². The fourth-order valence-electron chi connectivity index (χ4n) is 4.56. The summed E-state index contributed by atoms with van der Waals surface area (Å²) in [4.78, 5) is 11.5. The molecule has 0 aliphatic carbocycles. The van der Waals surface area contributed by atoms with Gasteiger partial charge in [-0.15, -0.1) is 0 Å². The first kappa shape index (κ1) is 34.4. The van der Waals surface area contributed by atoms with Gasteiger partial charge in [0.1, 0.15) is 12.4 Å². The topological polar surface area (TPSA) is 80.7 Å². The van der Waals surface area contributed by atoms with Crippen molar-refractivity contribution in [3.63, 3.8) is 0 Å². The first-order valence-corrected chi connectivity index (χ1v) is 16.7. The molecule has 0 heterocycles. The maximum absolute atomic E-state index is 11.5. The quantitative estimate of drug-likeness (QED) is 0.0634. The Hall–Kier alpha value is -0.620. The molecule has 6 heteroatoms. The monoisotopic (exact) mass is 518 g/mol. The summed E-state index contributed by atoms with van der Waals surface area (Å²) in [5.74, 6) is -0.912. The third kappa shape index (κ3) is 31.4. The molecule has 0 aromatic heterocycles. The van der Waals surface area contributed by atoms with Gasteiger partial charge in [-0.2, -0.15) is 8.42 Å². The Bertz CT molecular complexity index is 547. The predicted octanol–water partition coefficient (Wildman–Crippen LogP) is 9.19. The number of carbonyl (C=O) groups is 1. The molecule has 5 nitrogen and oxygen atoms in total. The van der Waals surface area contributed by atoms with E-state index in [1.165, 1.54) is 135 Å². The highest BCUT2D eigenvalue weighted by molar-refractivity contribution is 7.85. The molecule has 0 unspecified atom stereocenters. The lowest BCUT2D eigenvalue weighted by Crippen LogP contribution is -2.14. The van der Waals surface area contributed by atoms with Crippen molar-refractivity contribution in [2.45, 2.75) is 167 Å². The SMILES string of the molecule is CCCCCCCCCCCCCCCCCCCCCCCCCCC(=O)OCCS(=O)(=O)O. The Kier molecular flexibility index (Phi) is 26.0. The highest BCUT2D eigenvalue weighted by atomic mass is 32.2. The van der Waals surface area contributed by atoms with Crippen molar-refractivity contribution in [1.29, 1.82) is 0 Å². The van der Waals surface area contributed by atoms with Crippen LogP contribution in [0, 0.1) is 0 Å². The minimum Gasteiger partial charge on any atom is -0.464 e. The highest BCUT2D eigenvalue weighted by Crippen LogP contribution is 2.15. The standard InChI is InChI=1S/C29H58O5S/c1-2-3-4-5-6-7-8-9-10-11-12-13-14-15-16-17-18-19-20-21-22-23-24-25-26-29(30)34-27-28-35(31,32)33/h2-28H2,1H3,(H,31,32,33). The first-order chi connectivity index (χ1) is 17.0. The van der Waals surface area contributed by atoms with Crippen LogP contribution in [0.25, 0.3) is 0 Å². The maximum Gasteiger partial charge on any atom is 0.305 e. The van der Waals surface area contributed by atoms with E-state index in [1.54, 1.807) is 0 Å². The average molecular weight is 519 g/mol. The minimum absolute atomic E-state index is 0.267. The molecule has 0 fully saturated rings. The molecule has 0 bridgehead atoms. The zero-order valence-electron chi connectivity index (χ0n) is 23.1. The van der Waals surface area contributed by atoms with Gasteiger partial charge in [0.15, 0.2) is 0 Å². The van der Waals surface area contributed by atoms with E-state index < -0.39 is 15.9 Å². The Morgan fingerprint density at radius 1 is 0.543 bits per heavy atom. The summed E-state index contributed by atoms with van der Waals surface area (Å²) in [5.41, 5.74) is 0. The summed E-state index contributed by atoms with van der Waals surface area (Å²) in [6.07, 6.45) is 32.6. The van der Waals surface area contributed by atoms with Crippen LogP contribution >= 0.6 is 0 Å². The van der Waals surface area contributed by atoms with Crippen LogP contribution in [-0.4, -0.2) is 31.3 Å². The molecule has 0 spiro atoms. The van der Waals surface area contributed by atoms with E-state index in [1.807, 2.05) is 0 Å². The normalized spacial score (nSPS) is 11.7. The van der Waals surface area contributed by atoms with E-state index in [0.29, 0.717) is 6.42 Å². The smallest absolute Gasteiger partial charge is 0.305 e. The molecule has 0 radical (unpaired) electrons. The Morgan fingerprint density at radius 2 is 0.829 bits per heavy atom. The summed E-state index contributed by atoms with van der Waals surface area (Å²) in [6.45, 7) is 2.02. The molecule has 1 N–H and O–H groups in total. The van der Waals surface area contributed by atoms with Gasteiger partial charge in [0, 0.05) is 6.42 Å². The summed E-state index contributed by atoms with van der Waals surface area (Å²) in [5, 5.41) is 0. The van der Waals surface area contributed by atoms with E-state index in [0.717, 1.165) is 19.3 Å². The third-order valence-electron chi connectivity index (χ3n) is 6.84. The fourth-order valence-corrected chi connectivity index (χ4v) is 4.86. The number of esters is 1. The summed E-state index contributed by atoms with van der Waals surface area (Å²) in [6, 6.07) is 0. The zero-order chi connectivity index (χ0) is 25.9. The average Bonchev–Trinajstić information content (AvgIpc) is 2.81. The van der Waals surface area contributed by atoms with Crippen LogP contribution in [0.3, 0.4) is 0 Å². The second-order valence-electron chi connectivity index (χ2n) is 10.4. The lowest BCUT2D eigenvalue weighted by atomic mass is 10.0. The van der Waals surface area contributed by atoms with Gasteiger partial charge in [0.05, 0.1) is 0 Å². The highest BCUT2D eigenvalue weighted by Gasteiger charge is 2.07. The van der Waals surface area contributed by atoms with Crippen molar-refractivity contribution in [2.75, 3.05) is 12.4 Å². The molecular weight excluding hydrogens is 460 g/mol. The Balaban J connectivity index is 3.13. The van der Waals surface area contributed by atoms with Crippen LogP contribution in [0.5, 0.6) is 0 Å². The van der Waals surface area contributed by atoms with Gasteiger partial charge < -0.3 is 4.74 Å². The van der Waals surface area contributed by atoms with Gasteiger partial charge in [0.2, 0.25) is 0 Å². The van der Waals surface area contributed by atoms with Crippen LogP contribution in [0.4, 0.5) is 0 Å². The van der Waals surface area contributed by atoms with Gasteiger partial charge in [-0.3, -0.25) is 9.35 Å². The molecule has 0 aromatic rings. The van der Waals surface area contributed by atoms with E-state index in [2.05, 4.69) is 6.92 Å². The number of rotatable bonds is 28. The predicted molar refractivity (Wildman–Crippen MR) is 148 cm³/mol. The van der Waals surface area contributed by atoms with Gasteiger partial charge in [-0.1, -0.05) is 155 Å². The van der Waals surface area contributed by atoms with Crippen molar-refractivity contribution in [3.8, 4) is 0 Å². The van der Waals surface area contributed by atoms with Crippen molar-refractivity contribution >= 4 is 16.1 Å². The lowest BCUT2D eigenvalue weighted by Gasteiger charge is -2.05. The molecule has 0 aliphatic heterocycles. The third-order valence-corrected chi connectivity index (χ3v) is 7.52. The minimum atomic E-state index is -4.05. The zero-order valence-corrected chi connectivity index (χ0v) is 23.9. The molecule has 0 aromatic carbocycles. The molecule has 0 aliphatic rings. The molecular formula is C29H58O5S. The molecule has 35 heavy (non-hydrogen) atoms. The molecule has 0 saturated heterocycles. The number of carbonyl (C=O) groups excluding carboxylic acids is 1. The molecule has 0 rings (SSSR count). The van der Waals surface area contributed by atoms with E-state index in [-0.39, 0.29) is 12.6 Å². The first-order valence-electron chi connectivity index (χ1n) is 15.1. The Labute approximate surface area is 218 Å². The lowest BCUT2D eigenvalue weighted by molar-refractivity contribution is -0.143. The van der Waals surface area contributed by atoms with Crippen LogP contribution < -0.4 is 0 Å². The fraction of sp³-hybridized carbons (Fsp3) is 0.966. The van der Waals surface area contributed by atoms with Gasteiger partial charge in [0.25, 0.3) is 10.1 Å². The van der Waals surface area contributed by atoms with Gasteiger partial charge in [-0.05, 0) is 6.42 Å².